The lowest BCUT2D eigenvalue weighted by Gasteiger charge is -2.18. The van der Waals surface area contributed by atoms with Gasteiger partial charge in [-0.15, -0.1) is 0 Å². The van der Waals surface area contributed by atoms with E-state index in [0.717, 1.165) is 10.9 Å². The van der Waals surface area contributed by atoms with E-state index in [9.17, 15) is 9.59 Å². The Labute approximate surface area is 119 Å². The molecule has 1 aromatic carbocycles. The van der Waals surface area contributed by atoms with Gasteiger partial charge in [0.05, 0.1) is 0 Å². The average Bonchev–Trinajstić information content (AvgIpc) is 2.83. The third-order valence-corrected chi connectivity index (χ3v) is 2.89. The molecule has 0 atom stereocenters. The molecule has 6 N–H and O–H groups in total. The van der Waals surface area contributed by atoms with Crippen LogP contribution < -0.4 is 22.5 Å². The smallest absolute Gasteiger partial charge is 0.402 e. The molecule has 9 nitrogen and oxygen atoms in total. The van der Waals surface area contributed by atoms with Gasteiger partial charge in [0.2, 0.25) is 0 Å². The molecule has 0 spiro atoms. The standard InChI is InChI=1S/C12H15N5O4/c1-17-8-5-3-2-4-7(8)6-9(17)10(20-11(18)15-13)21-12(19)16-14/h2-6,10H,13-14H2,1H3,(H,15,18)(H,16,19). The highest BCUT2D eigenvalue weighted by molar-refractivity contribution is 5.81. The van der Waals surface area contributed by atoms with E-state index in [1.54, 1.807) is 28.5 Å². The minimum Gasteiger partial charge on any atom is -0.402 e. The highest BCUT2D eigenvalue weighted by Crippen LogP contribution is 2.26. The van der Waals surface area contributed by atoms with Gasteiger partial charge in [0.1, 0.15) is 5.69 Å². The molecule has 1 heterocycles. The largest absolute Gasteiger partial charge is 0.424 e. The molecule has 0 bridgehead atoms. The maximum atomic E-state index is 11.3. The Morgan fingerprint density at radius 2 is 1.71 bits per heavy atom. The van der Waals surface area contributed by atoms with Crippen molar-refractivity contribution in [1.82, 2.24) is 15.4 Å². The number of nitrogens with one attached hydrogen (secondary N) is 2. The number of hydrazine groups is 2. The Bertz CT molecular complexity index is 651. The summed E-state index contributed by atoms with van der Waals surface area (Å²) >= 11 is 0. The van der Waals surface area contributed by atoms with Crippen LogP contribution in [0.2, 0.25) is 0 Å². The maximum absolute atomic E-state index is 11.3. The molecular weight excluding hydrogens is 278 g/mol. The number of fused-ring (bicyclic) bond motifs is 1. The number of ether oxygens (including phenoxy) is 2. The summed E-state index contributed by atoms with van der Waals surface area (Å²) in [6.07, 6.45) is -3.19. The molecule has 0 fully saturated rings. The van der Waals surface area contributed by atoms with Gasteiger partial charge in [-0.2, -0.15) is 0 Å². The van der Waals surface area contributed by atoms with Crippen molar-refractivity contribution in [3.8, 4) is 0 Å². The highest BCUT2D eigenvalue weighted by Gasteiger charge is 2.24. The number of rotatable bonds is 3. The molecule has 0 saturated carbocycles. The van der Waals surface area contributed by atoms with E-state index >= 15 is 0 Å². The third kappa shape index (κ3) is 3.04. The topological polar surface area (TPSA) is 134 Å². The lowest BCUT2D eigenvalue weighted by molar-refractivity contribution is -0.0678. The summed E-state index contributed by atoms with van der Waals surface area (Å²) in [4.78, 5) is 22.6. The van der Waals surface area contributed by atoms with E-state index in [2.05, 4.69) is 0 Å². The molecule has 21 heavy (non-hydrogen) atoms. The zero-order valence-corrected chi connectivity index (χ0v) is 11.2. The van der Waals surface area contributed by atoms with Gasteiger partial charge in [-0.25, -0.2) is 21.3 Å². The summed E-state index contributed by atoms with van der Waals surface area (Å²) < 4.78 is 11.6. The SMILES string of the molecule is Cn1c(C(OC(=O)NN)OC(=O)NN)cc2ccccc21. The Morgan fingerprint density at radius 1 is 1.14 bits per heavy atom. The molecule has 0 aliphatic heterocycles. The van der Waals surface area contributed by atoms with Gasteiger partial charge in [0.15, 0.2) is 0 Å². The van der Waals surface area contributed by atoms with Crippen LogP contribution in [0, 0.1) is 0 Å². The summed E-state index contributed by atoms with van der Waals surface area (Å²) in [6, 6.07) is 9.21. The van der Waals surface area contributed by atoms with Gasteiger partial charge in [-0.3, -0.25) is 10.9 Å². The number of benzene rings is 1. The van der Waals surface area contributed by atoms with E-state index in [-0.39, 0.29) is 0 Å². The van der Waals surface area contributed by atoms with Crippen molar-refractivity contribution in [1.29, 1.82) is 0 Å². The summed E-state index contributed by atoms with van der Waals surface area (Å²) in [6.45, 7) is 0. The molecular formula is C12H15N5O4. The Balaban J connectivity index is 2.39. The fourth-order valence-electron chi connectivity index (χ4n) is 1.94. The molecule has 2 aromatic rings. The fraction of sp³-hybridized carbons (Fsp3) is 0.167. The van der Waals surface area contributed by atoms with Crippen LogP contribution in [0.25, 0.3) is 10.9 Å². The van der Waals surface area contributed by atoms with E-state index in [0.29, 0.717) is 5.69 Å². The van der Waals surface area contributed by atoms with Gasteiger partial charge in [0.25, 0.3) is 6.29 Å². The number of hydrogen-bond acceptors (Lipinski definition) is 6. The molecule has 1 aromatic heterocycles. The van der Waals surface area contributed by atoms with Gasteiger partial charge in [-0.05, 0) is 12.1 Å². The predicted molar refractivity (Wildman–Crippen MR) is 73.3 cm³/mol. The maximum Gasteiger partial charge on any atom is 0.424 e. The van der Waals surface area contributed by atoms with Crippen LogP contribution in [0.5, 0.6) is 0 Å². The van der Waals surface area contributed by atoms with Crippen LogP contribution in [0.1, 0.15) is 12.0 Å². The number of para-hydroxylation sites is 1. The van der Waals surface area contributed by atoms with Crippen molar-refractivity contribution < 1.29 is 19.1 Å². The second-order valence-electron chi connectivity index (χ2n) is 4.12. The molecule has 2 amide bonds. The van der Waals surface area contributed by atoms with E-state index in [1.807, 2.05) is 24.3 Å². The first-order valence-electron chi connectivity index (χ1n) is 5.95. The summed E-state index contributed by atoms with van der Waals surface area (Å²) in [7, 11) is 1.75. The Kier molecular flexibility index (Phi) is 4.26. The first-order chi connectivity index (χ1) is 10.1. The Hall–Kier alpha value is -2.78. The van der Waals surface area contributed by atoms with Crippen LogP contribution in [0.3, 0.4) is 0 Å². The van der Waals surface area contributed by atoms with Gasteiger partial charge in [-0.1, -0.05) is 18.2 Å². The van der Waals surface area contributed by atoms with Crippen LogP contribution >= 0.6 is 0 Å². The molecule has 0 saturated heterocycles. The average molecular weight is 293 g/mol. The minimum atomic E-state index is -1.30. The van der Waals surface area contributed by atoms with E-state index < -0.39 is 18.5 Å². The van der Waals surface area contributed by atoms with Crippen molar-refractivity contribution in [3.63, 3.8) is 0 Å². The molecule has 0 radical (unpaired) electrons. The zero-order chi connectivity index (χ0) is 15.4. The van der Waals surface area contributed by atoms with Crippen molar-refractivity contribution in [2.24, 2.45) is 18.7 Å². The van der Waals surface area contributed by atoms with Crippen molar-refractivity contribution in [2.45, 2.75) is 6.29 Å². The second kappa shape index (κ2) is 6.11. The van der Waals surface area contributed by atoms with Crippen molar-refractivity contribution in [3.05, 3.63) is 36.0 Å². The number of hydrogen-bond donors (Lipinski definition) is 4. The van der Waals surface area contributed by atoms with Crippen molar-refractivity contribution >= 4 is 23.1 Å². The first-order valence-corrected chi connectivity index (χ1v) is 5.95. The monoisotopic (exact) mass is 293 g/mol. The third-order valence-electron chi connectivity index (χ3n) is 2.89. The number of carbonyl (C=O) groups excluding carboxylic acids is 2. The fourth-order valence-corrected chi connectivity index (χ4v) is 1.94. The number of aromatic nitrogens is 1. The zero-order valence-electron chi connectivity index (χ0n) is 11.2. The molecule has 112 valence electrons. The summed E-state index contributed by atoms with van der Waals surface area (Å²) in [5.74, 6) is 9.93. The van der Waals surface area contributed by atoms with Crippen molar-refractivity contribution in [2.75, 3.05) is 0 Å². The van der Waals surface area contributed by atoms with E-state index in [1.165, 1.54) is 0 Å². The number of aryl methyl sites for hydroxylation is 1. The number of nitrogens with two attached hydrogens (primary N) is 2. The molecule has 9 heteroatoms. The quantitative estimate of drug-likeness (QED) is 0.280. The minimum absolute atomic E-state index is 0.448. The molecule has 0 aliphatic rings. The van der Waals surface area contributed by atoms with Gasteiger partial charge >= 0.3 is 12.2 Å². The Morgan fingerprint density at radius 3 is 2.24 bits per heavy atom. The normalized spacial score (nSPS) is 10.5. The number of amides is 2. The molecule has 0 unspecified atom stereocenters. The van der Waals surface area contributed by atoms with Crippen LogP contribution in [-0.2, 0) is 16.5 Å². The lowest BCUT2D eigenvalue weighted by Crippen LogP contribution is -2.36. The molecule has 2 rings (SSSR count). The van der Waals surface area contributed by atoms with Crippen LogP contribution in [-0.4, -0.2) is 16.8 Å². The van der Waals surface area contributed by atoms with Gasteiger partial charge < -0.3 is 14.0 Å². The summed E-state index contributed by atoms with van der Waals surface area (Å²) in [5.41, 5.74) is 4.92. The predicted octanol–water partition coefficient (Wildman–Crippen LogP) is 0.377. The second-order valence-corrected chi connectivity index (χ2v) is 4.12. The van der Waals surface area contributed by atoms with Crippen LogP contribution in [0.4, 0.5) is 9.59 Å². The van der Waals surface area contributed by atoms with E-state index in [4.69, 9.17) is 21.2 Å². The summed E-state index contributed by atoms with van der Waals surface area (Å²) in [5, 5.41) is 0.897. The number of nitrogens with zero attached hydrogens (tertiary/aromatic N) is 1. The van der Waals surface area contributed by atoms with Gasteiger partial charge in [0, 0.05) is 18.0 Å². The highest BCUT2D eigenvalue weighted by atomic mass is 16.7. The first kappa shape index (κ1) is 14.6. The lowest BCUT2D eigenvalue weighted by atomic mass is 10.2. The number of carbonyl (C=O) groups is 2. The van der Waals surface area contributed by atoms with Crippen LogP contribution in [0.15, 0.2) is 30.3 Å². The molecule has 0 aliphatic carbocycles.